The lowest BCUT2D eigenvalue weighted by atomic mass is 9.97. The largest absolute Gasteiger partial charge is 0.340 e. The summed E-state index contributed by atoms with van der Waals surface area (Å²) in [5, 5.41) is 11.0. The molecule has 0 saturated carbocycles. The molecule has 6 rings (SSSR count). The van der Waals surface area contributed by atoms with E-state index in [2.05, 4.69) is 25.5 Å². The summed E-state index contributed by atoms with van der Waals surface area (Å²) >= 11 is 0. The number of aryl methyl sites for hydroxylation is 1. The van der Waals surface area contributed by atoms with Gasteiger partial charge in [-0.2, -0.15) is 5.10 Å². The van der Waals surface area contributed by atoms with Crippen LogP contribution in [0.1, 0.15) is 10.5 Å². The number of halogens is 2. The Morgan fingerprint density at radius 3 is 2.59 bits per heavy atom. The number of likely N-dealkylation sites (tertiary alicyclic amines) is 1. The van der Waals surface area contributed by atoms with Crippen molar-refractivity contribution in [1.82, 2.24) is 29.6 Å². The van der Waals surface area contributed by atoms with E-state index in [0.29, 0.717) is 17.3 Å². The third kappa shape index (κ3) is 4.20. The highest BCUT2D eigenvalue weighted by atomic mass is 19.2. The van der Waals surface area contributed by atoms with E-state index in [-0.39, 0.29) is 19.0 Å². The number of carbonyl (C=O) groups is 1. The van der Waals surface area contributed by atoms with E-state index in [1.807, 2.05) is 48.7 Å². The zero-order valence-corrected chi connectivity index (χ0v) is 19.9. The minimum Gasteiger partial charge on any atom is -0.340 e. The van der Waals surface area contributed by atoms with E-state index in [4.69, 9.17) is 0 Å². The fraction of sp³-hybridized carbons (Fsp3) is 0.185. The maximum absolute atomic E-state index is 14.0. The number of benzene rings is 2. The molecule has 186 valence electrons. The van der Waals surface area contributed by atoms with Crippen LogP contribution in [0.4, 0.5) is 20.3 Å². The first-order valence-electron chi connectivity index (χ1n) is 11.8. The summed E-state index contributed by atoms with van der Waals surface area (Å²) in [6, 6.07) is 17.2. The van der Waals surface area contributed by atoms with E-state index in [9.17, 15) is 13.6 Å². The topological polar surface area (TPSA) is 91.7 Å². The molecule has 4 heterocycles. The van der Waals surface area contributed by atoms with E-state index in [1.165, 1.54) is 4.90 Å². The summed E-state index contributed by atoms with van der Waals surface area (Å²) in [6.07, 6.45) is 5.30. The zero-order chi connectivity index (χ0) is 25.6. The van der Waals surface area contributed by atoms with Gasteiger partial charge in [-0.15, -0.1) is 0 Å². The average molecular weight is 500 g/mol. The van der Waals surface area contributed by atoms with Crippen molar-refractivity contribution in [3.05, 3.63) is 78.9 Å². The Morgan fingerprint density at radius 1 is 1.08 bits per heavy atom. The van der Waals surface area contributed by atoms with Gasteiger partial charge in [-0.1, -0.05) is 24.3 Å². The number of hydrogen-bond acceptors (Lipinski definition) is 5. The summed E-state index contributed by atoms with van der Waals surface area (Å²) in [5.74, 6) is 0.858. The molecule has 0 spiro atoms. The predicted molar refractivity (Wildman–Crippen MR) is 137 cm³/mol. The molecule has 37 heavy (non-hydrogen) atoms. The molecule has 1 aliphatic heterocycles. The second-order valence-electron chi connectivity index (χ2n) is 9.26. The number of rotatable bonds is 6. The van der Waals surface area contributed by atoms with Crippen molar-refractivity contribution in [2.75, 3.05) is 25.1 Å². The Bertz CT molecular complexity index is 1590. The van der Waals surface area contributed by atoms with E-state index in [0.717, 1.165) is 33.3 Å². The average Bonchev–Trinajstić information content (AvgIpc) is 3.55. The molecule has 0 atom stereocenters. The maximum atomic E-state index is 14.0. The van der Waals surface area contributed by atoms with E-state index in [1.54, 1.807) is 36.1 Å². The molecule has 0 bridgehead atoms. The molecule has 1 fully saturated rings. The summed E-state index contributed by atoms with van der Waals surface area (Å²) in [6.45, 7) is -1.54. The third-order valence-electron chi connectivity index (χ3n) is 6.64. The molecule has 8 nitrogen and oxygen atoms in total. The van der Waals surface area contributed by atoms with Gasteiger partial charge >= 0.3 is 0 Å². The van der Waals surface area contributed by atoms with Crippen LogP contribution in [0.2, 0.25) is 0 Å². The first kappa shape index (κ1) is 22.8. The maximum Gasteiger partial charge on any atom is 0.270 e. The van der Waals surface area contributed by atoms with Gasteiger partial charge in [0.05, 0.1) is 19.3 Å². The number of hydrogen-bond donors (Lipinski definition) is 2. The minimum atomic E-state index is -1.92. The van der Waals surface area contributed by atoms with Crippen molar-refractivity contribution >= 4 is 28.3 Å². The first-order valence-corrected chi connectivity index (χ1v) is 11.8. The Labute approximate surface area is 211 Å². The van der Waals surface area contributed by atoms with Crippen molar-refractivity contribution in [1.29, 1.82) is 0 Å². The number of nitrogens with zero attached hydrogens (tertiary/aromatic N) is 5. The Morgan fingerprint density at radius 2 is 1.86 bits per heavy atom. The Balaban J connectivity index is 1.23. The molecule has 0 radical (unpaired) electrons. The summed E-state index contributed by atoms with van der Waals surface area (Å²) in [4.78, 5) is 23.3. The number of H-pyrrole nitrogens is 1. The van der Waals surface area contributed by atoms with Crippen LogP contribution in [0.25, 0.3) is 33.4 Å². The number of alkyl halides is 2. The van der Waals surface area contributed by atoms with Gasteiger partial charge in [-0.05, 0) is 35.9 Å². The van der Waals surface area contributed by atoms with Crippen molar-refractivity contribution in [2.45, 2.75) is 5.67 Å². The van der Waals surface area contributed by atoms with Gasteiger partial charge in [0.25, 0.3) is 5.91 Å². The van der Waals surface area contributed by atoms with Crippen molar-refractivity contribution in [3.63, 3.8) is 0 Å². The molecule has 0 aliphatic carbocycles. The van der Waals surface area contributed by atoms with E-state index >= 15 is 0 Å². The second-order valence-corrected chi connectivity index (χ2v) is 9.26. The van der Waals surface area contributed by atoms with Crippen LogP contribution in [-0.2, 0) is 7.05 Å². The molecule has 10 heteroatoms. The molecule has 2 N–H and O–H groups in total. The fourth-order valence-corrected chi connectivity index (χ4v) is 4.57. The van der Waals surface area contributed by atoms with Crippen LogP contribution in [0.15, 0.2) is 73.2 Å². The molecule has 2 aromatic carbocycles. The summed E-state index contributed by atoms with van der Waals surface area (Å²) < 4.78 is 28.5. The molecule has 1 amide bonds. The van der Waals surface area contributed by atoms with Crippen molar-refractivity contribution in [2.24, 2.45) is 7.05 Å². The summed E-state index contributed by atoms with van der Waals surface area (Å²) in [7, 11) is 1.78. The minimum absolute atomic E-state index is 0.227. The lowest BCUT2D eigenvalue weighted by Gasteiger charge is -2.42. The number of aromatic nitrogens is 5. The Kier molecular flexibility index (Phi) is 5.44. The first-order chi connectivity index (χ1) is 17.9. The fourth-order valence-electron chi connectivity index (χ4n) is 4.57. The zero-order valence-electron chi connectivity index (χ0n) is 19.9. The highest BCUT2D eigenvalue weighted by molar-refractivity contribution is 6.00. The van der Waals surface area contributed by atoms with Gasteiger partial charge in [0.2, 0.25) is 0 Å². The Hall–Kier alpha value is -4.60. The highest BCUT2D eigenvalue weighted by Gasteiger charge is 2.46. The smallest absolute Gasteiger partial charge is 0.270 e. The molecular weight excluding hydrogens is 476 g/mol. The SMILES string of the molecule is Cn1c(C(=O)N2CC(F)(CF)C2)cc2ccc(-c3nccc(Nc4ccc(-c5cn[nH]c5)cc4)n3)cc21. The van der Waals surface area contributed by atoms with Gasteiger partial charge in [-0.25, -0.2) is 18.7 Å². The van der Waals surface area contributed by atoms with Gasteiger partial charge in [0.15, 0.2) is 11.5 Å². The number of nitrogens with one attached hydrogen (secondary N) is 2. The quantitative estimate of drug-likeness (QED) is 0.347. The number of carbonyl (C=O) groups excluding carboxylic acids is 1. The van der Waals surface area contributed by atoms with Crippen LogP contribution < -0.4 is 5.32 Å². The predicted octanol–water partition coefficient (Wildman–Crippen LogP) is 4.90. The lowest BCUT2D eigenvalue weighted by molar-refractivity contribution is -0.0335. The molecule has 3 aromatic heterocycles. The number of anilines is 2. The van der Waals surface area contributed by atoms with Gasteiger partial charge < -0.3 is 14.8 Å². The lowest BCUT2D eigenvalue weighted by Crippen LogP contribution is -2.62. The number of fused-ring (bicyclic) bond motifs is 1. The van der Waals surface area contributed by atoms with Crippen molar-refractivity contribution < 1.29 is 13.6 Å². The van der Waals surface area contributed by atoms with Gasteiger partial charge in [0.1, 0.15) is 18.2 Å². The van der Waals surface area contributed by atoms with E-state index < -0.39 is 12.3 Å². The molecule has 1 aliphatic rings. The second kappa shape index (κ2) is 8.81. The monoisotopic (exact) mass is 499 g/mol. The normalized spacial score (nSPS) is 14.5. The molecule has 1 saturated heterocycles. The third-order valence-corrected chi connectivity index (χ3v) is 6.64. The van der Waals surface area contributed by atoms with Crippen LogP contribution in [0.5, 0.6) is 0 Å². The van der Waals surface area contributed by atoms with Crippen LogP contribution in [0, 0.1) is 0 Å². The molecule has 0 unspecified atom stereocenters. The molecule has 5 aromatic rings. The highest BCUT2D eigenvalue weighted by Crippen LogP contribution is 2.30. The van der Waals surface area contributed by atoms with Crippen LogP contribution in [-0.4, -0.2) is 61.0 Å². The standard InChI is InChI=1S/C27H23F2N7O/c1-35-22-11-19(3-2-18(22)10-23(35)26(37)36-15-27(29,14-28)16-36)25-30-9-8-24(34-25)33-21-6-4-17(5-7-21)20-12-31-32-13-20/h2-13H,14-16H2,1H3,(H,31,32)(H,30,33,34). The van der Waals surface area contributed by atoms with Crippen LogP contribution >= 0.6 is 0 Å². The number of aromatic amines is 1. The molecular formula is C27H23F2N7O. The van der Waals surface area contributed by atoms with Crippen molar-refractivity contribution in [3.8, 4) is 22.5 Å². The van der Waals surface area contributed by atoms with Gasteiger partial charge in [-0.3, -0.25) is 9.89 Å². The number of amides is 1. The summed E-state index contributed by atoms with van der Waals surface area (Å²) in [5.41, 5.74) is 3.04. The van der Waals surface area contributed by atoms with Crippen LogP contribution in [0.3, 0.4) is 0 Å². The van der Waals surface area contributed by atoms with Gasteiger partial charge in [0, 0.05) is 47.2 Å².